The van der Waals surface area contributed by atoms with Crippen LogP contribution in [0.4, 0.5) is 4.39 Å². The van der Waals surface area contributed by atoms with Crippen LogP contribution in [0.15, 0.2) is 102 Å². The van der Waals surface area contributed by atoms with Gasteiger partial charge in [-0.15, -0.1) is 0 Å². The molecule has 1 atom stereocenters. The molecule has 7 nitrogen and oxygen atoms in total. The van der Waals surface area contributed by atoms with Crippen molar-refractivity contribution < 1.29 is 28.1 Å². The van der Waals surface area contributed by atoms with Gasteiger partial charge in [0.25, 0.3) is 0 Å². The molecule has 0 radical (unpaired) electrons. The number of fused-ring (bicyclic) bond motifs is 1. The Hall–Kier alpha value is -5.29. The summed E-state index contributed by atoms with van der Waals surface area (Å²) in [7, 11) is 1.54. The van der Waals surface area contributed by atoms with Gasteiger partial charge in [0.15, 0.2) is 0 Å². The maximum atomic E-state index is 14.0. The van der Waals surface area contributed by atoms with Gasteiger partial charge < -0.3 is 24.7 Å². The Labute approximate surface area is 224 Å². The van der Waals surface area contributed by atoms with Crippen LogP contribution in [0.2, 0.25) is 0 Å². The first kappa shape index (κ1) is 25.4. The Morgan fingerprint density at radius 1 is 0.974 bits per heavy atom. The molecular weight excluding hydrogens is 499 g/mol. The molecule has 4 aromatic carbocycles. The lowest BCUT2D eigenvalue weighted by Crippen LogP contribution is -2.21. The summed E-state index contributed by atoms with van der Waals surface area (Å²) < 4.78 is 36.3. The van der Waals surface area contributed by atoms with E-state index in [1.54, 1.807) is 86.0 Å². The fourth-order valence-electron chi connectivity index (χ4n) is 4.30. The second-order valence-corrected chi connectivity index (χ2v) is 8.70. The minimum Gasteiger partial charge on any atom is -0.497 e. The summed E-state index contributed by atoms with van der Waals surface area (Å²) >= 11 is 0. The van der Waals surface area contributed by atoms with E-state index in [-0.39, 0.29) is 29.6 Å². The Bertz CT molecular complexity index is 1610. The average Bonchev–Trinajstić information content (AvgIpc) is 2.96. The fourth-order valence-corrected chi connectivity index (χ4v) is 4.30. The van der Waals surface area contributed by atoms with E-state index in [9.17, 15) is 14.4 Å². The van der Waals surface area contributed by atoms with E-state index in [1.165, 1.54) is 6.07 Å². The van der Waals surface area contributed by atoms with Crippen LogP contribution >= 0.6 is 0 Å². The predicted molar refractivity (Wildman–Crippen MR) is 141 cm³/mol. The monoisotopic (exact) mass is 522 g/mol. The number of esters is 1. The number of ether oxygens (including phenoxy) is 4. The Balaban J connectivity index is 1.41. The van der Waals surface area contributed by atoms with Crippen LogP contribution in [-0.4, -0.2) is 13.1 Å². The van der Waals surface area contributed by atoms with E-state index >= 15 is 0 Å². The highest BCUT2D eigenvalue weighted by Crippen LogP contribution is 2.44. The number of carbonyl (C=O) groups is 1. The molecule has 2 N–H and O–H groups in total. The SMILES string of the molecule is COc1ccc(C(=O)Oc2ccc3c(c2)OC(N)=C(C#N)C3c2cccc(OCc3ccccc3F)c2)cc1. The summed E-state index contributed by atoms with van der Waals surface area (Å²) in [5.41, 5.74) is 8.54. The molecule has 0 saturated carbocycles. The summed E-state index contributed by atoms with van der Waals surface area (Å²) in [4.78, 5) is 12.6. The average molecular weight is 523 g/mol. The molecule has 0 spiro atoms. The zero-order valence-corrected chi connectivity index (χ0v) is 20.9. The Kier molecular flexibility index (Phi) is 7.15. The number of halogens is 1. The molecule has 1 aliphatic rings. The number of hydrogen-bond acceptors (Lipinski definition) is 7. The highest BCUT2D eigenvalue weighted by atomic mass is 19.1. The Morgan fingerprint density at radius 2 is 1.74 bits per heavy atom. The molecule has 39 heavy (non-hydrogen) atoms. The molecule has 1 unspecified atom stereocenters. The van der Waals surface area contributed by atoms with Crippen molar-refractivity contribution in [3.63, 3.8) is 0 Å². The first-order valence-corrected chi connectivity index (χ1v) is 12.0. The highest BCUT2D eigenvalue weighted by Gasteiger charge is 2.31. The van der Waals surface area contributed by atoms with Crippen LogP contribution in [0.3, 0.4) is 0 Å². The van der Waals surface area contributed by atoms with Gasteiger partial charge in [-0.3, -0.25) is 0 Å². The second kappa shape index (κ2) is 11.0. The molecule has 0 amide bonds. The second-order valence-electron chi connectivity index (χ2n) is 8.70. The maximum absolute atomic E-state index is 14.0. The molecule has 1 heterocycles. The Morgan fingerprint density at radius 3 is 2.49 bits per heavy atom. The van der Waals surface area contributed by atoms with E-state index in [0.717, 1.165) is 5.56 Å². The zero-order chi connectivity index (χ0) is 27.4. The molecule has 194 valence electrons. The topological polar surface area (TPSA) is 104 Å². The molecule has 0 saturated heterocycles. The fraction of sp³-hybridized carbons (Fsp3) is 0.0968. The number of allylic oxidation sites excluding steroid dienone is 1. The van der Waals surface area contributed by atoms with Gasteiger partial charge in [-0.05, 0) is 54.1 Å². The van der Waals surface area contributed by atoms with Crippen LogP contribution in [0.5, 0.6) is 23.0 Å². The number of nitriles is 1. The molecule has 5 rings (SSSR count). The minimum atomic E-state index is -0.554. The van der Waals surface area contributed by atoms with Crippen molar-refractivity contribution in [2.24, 2.45) is 5.73 Å². The van der Waals surface area contributed by atoms with Crippen molar-refractivity contribution in [1.82, 2.24) is 0 Å². The number of rotatable bonds is 7. The number of benzene rings is 4. The van der Waals surface area contributed by atoms with Gasteiger partial charge in [0.2, 0.25) is 5.88 Å². The van der Waals surface area contributed by atoms with Gasteiger partial charge in [0.1, 0.15) is 47.1 Å². The molecule has 0 aliphatic carbocycles. The van der Waals surface area contributed by atoms with Crippen LogP contribution < -0.4 is 24.7 Å². The summed E-state index contributed by atoms with van der Waals surface area (Å²) in [6.45, 7) is 0.0481. The lowest BCUT2D eigenvalue weighted by atomic mass is 9.83. The molecule has 8 heteroatoms. The first-order chi connectivity index (χ1) is 19.0. The highest BCUT2D eigenvalue weighted by molar-refractivity contribution is 5.91. The smallest absolute Gasteiger partial charge is 0.343 e. The van der Waals surface area contributed by atoms with Crippen molar-refractivity contribution in [2.45, 2.75) is 12.5 Å². The first-order valence-electron chi connectivity index (χ1n) is 12.0. The predicted octanol–water partition coefficient (Wildman–Crippen LogP) is 5.85. The zero-order valence-electron chi connectivity index (χ0n) is 20.9. The molecule has 1 aliphatic heterocycles. The van der Waals surface area contributed by atoms with Crippen molar-refractivity contribution in [3.05, 3.63) is 131 Å². The number of carbonyl (C=O) groups excluding carboxylic acids is 1. The van der Waals surface area contributed by atoms with Crippen molar-refractivity contribution in [3.8, 4) is 29.1 Å². The molecule has 0 fully saturated rings. The van der Waals surface area contributed by atoms with Crippen LogP contribution in [-0.2, 0) is 6.61 Å². The molecular formula is C31H23FN2O5. The third-order valence-electron chi connectivity index (χ3n) is 6.27. The van der Waals surface area contributed by atoms with E-state index < -0.39 is 11.9 Å². The summed E-state index contributed by atoms with van der Waals surface area (Å²) in [6, 6.07) is 27.2. The van der Waals surface area contributed by atoms with Gasteiger partial charge in [-0.2, -0.15) is 5.26 Å². The van der Waals surface area contributed by atoms with Crippen molar-refractivity contribution in [1.29, 1.82) is 5.26 Å². The van der Waals surface area contributed by atoms with Gasteiger partial charge in [-0.25, -0.2) is 9.18 Å². The van der Waals surface area contributed by atoms with Crippen molar-refractivity contribution in [2.75, 3.05) is 7.11 Å². The number of hydrogen-bond donors (Lipinski definition) is 1. The lowest BCUT2D eigenvalue weighted by Gasteiger charge is -2.27. The van der Waals surface area contributed by atoms with E-state index in [0.29, 0.717) is 33.9 Å². The summed E-state index contributed by atoms with van der Waals surface area (Å²) in [5.74, 6) is 0.233. The number of nitrogens with zero attached hydrogens (tertiary/aromatic N) is 1. The normalized spacial score (nSPS) is 14.0. The van der Waals surface area contributed by atoms with E-state index in [4.69, 9.17) is 24.7 Å². The largest absolute Gasteiger partial charge is 0.497 e. The lowest BCUT2D eigenvalue weighted by molar-refractivity contribution is 0.0734. The van der Waals surface area contributed by atoms with E-state index in [2.05, 4.69) is 6.07 Å². The van der Waals surface area contributed by atoms with Gasteiger partial charge in [0, 0.05) is 17.2 Å². The standard InChI is InChI=1S/C31H23FN2O5/c1-36-22-11-9-19(10-12-22)31(35)38-24-13-14-25-28(16-24)39-30(34)26(17-33)29(25)20-6-4-7-23(15-20)37-18-21-5-2-3-8-27(21)32/h2-16,29H,18,34H2,1H3. The van der Waals surface area contributed by atoms with Crippen LogP contribution in [0.25, 0.3) is 0 Å². The molecule has 0 bridgehead atoms. The van der Waals surface area contributed by atoms with Crippen LogP contribution in [0.1, 0.15) is 33.0 Å². The molecule has 0 aromatic heterocycles. The summed E-state index contributed by atoms with van der Waals surface area (Å²) in [5, 5.41) is 9.89. The third kappa shape index (κ3) is 5.38. The maximum Gasteiger partial charge on any atom is 0.343 e. The minimum absolute atomic E-state index is 0.0481. The van der Waals surface area contributed by atoms with Crippen molar-refractivity contribution >= 4 is 5.97 Å². The number of nitrogens with two attached hydrogens (primary N) is 1. The van der Waals surface area contributed by atoms with Gasteiger partial charge in [-0.1, -0.05) is 36.4 Å². The quantitative estimate of drug-likeness (QED) is 0.240. The van der Waals surface area contributed by atoms with E-state index in [1.807, 2.05) is 6.07 Å². The number of methoxy groups -OCH3 is 1. The van der Waals surface area contributed by atoms with Gasteiger partial charge in [0.05, 0.1) is 18.6 Å². The van der Waals surface area contributed by atoms with Crippen LogP contribution in [0, 0.1) is 17.1 Å². The third-order valence-corrected chi connectivity index (χ3v) is 6.27. The van der Waals surface area contributed by atoms with Gasteiger partial charge >= 0.3 is 5.97 Å². The summed E-state index contributed by atoms with van der Waals surface area (Å²) in [6.07, 6.45) is 0. The molecule has 4 aromatic rings.